The fourth-order valence-electron chi connectivity index (χ4n) is 3.17. The van der Waals surface area contributed by atoms with Crippen molar-refractivity contribution >= 4 is 11.9 Å². The van der Waals surface area contributed by atoms with E-state index in [2.05, 4.69) is 0 Å². The largest absolute Gasteiger partial charge is 0.481 e. The van der Waals surface area contributed by atoms with Crippen LogP contribution in [0, 0.1) is 11.8 Å². The summed E-state index contributed by atoms with van der Waals surface area (Å²) in [5.74, 6) is -2.16. The molecule has 2 fully saturated rings. The third kappa shape index (κ3) is 2.23. The normalized spacial score (nSPS) is 34.2. The highest BCUT2D eigenvalue weighted by molar-refractivity contribution is 5.85. The molecule has 0 saturated carbocycles. The van der Waals surface area contributed by atoms with Gasteiger partial charge in [0.25, 0.3) is 0 Å². The number of hydrogen-bond acceptors (Lipinski definition) is 3. The molecule has 2 aliphatic rings. The standard InChI is InChI=1S/C13H21NO4/c1-7(8(2)13(17)18)12(16)14-9-3-4-10(14)6-11(15)5-9/h7-11,15H,3-6H2,1-2H3,(H,17,18). The summed E-state index contributed by atoms with van der Waals surface area (Å²) < 4.78 is 0. The minimum Gasteiger partial charge on any atom is -0.481 e. The van der Waals surface area contributed by atoms with Gasteiger partial charge in [0.2, 0.25) is 5.91 Å². The maximum absolute atomic E-state index is 12.4. The fraction of sp³-hybridized carbons (Fsp3) is 0.846. The maximum atomic E-state index is 12.4. The lowest BCUT2D eigenvalue weighted by molar-refractivity contribution is -0.152. The van der Waals surface area contributed by atoms with E-state index < -0.39 is 17.8 Å². The average molecular weight is 255 g/mol. The first kappa shape index (κ1) is 13.3. The number of piperidine rings is 1. The minimum absolute atomic E-state index is 0.0655. The molecule has 2 aliphatic heterocycles. The second kappa shape index (κ2) is 4.88. The zero-order chi connectivity index (χ0) is 13.4. The van der Waals surface area contributed by atoms with Crippen LogP contribution in [0.4, 0.5) is 0 Å². The number of nitrogens with zero attached hydrogens (tertiary/aromatic N) is 1. The molecule has 2 rings (SSSR count). The van der Waals surface area contributed by atoms with E-state index in [0.29, 0.717) is 12.8 Å². The van der Waals surface area contributed by atoms with Gasteiger partial charge in [-0.2, -0.15) is 0 Å². The van der Waals surface area contributed by atoms with E-state index in [1.807, 2.05) is 4.90 Å². The van der Waals surface area contributed by atoms with Crippen LogP contribution >= 0.6 is 0 Å². The number of carbonyl (C=O) groups is 2. The van der Waals surface area contributed by atoms with Gasteiger partial charge in [-0.15, -0.1) is 0 Å². The van der Waals surface area contributed by atoms with E-state index in [9.17, 15) is 14.7 Å². The first-order valence-electron chi connectivity index (χ1n) is 6.64. The minimum atomic E-state index is -0.930. The van der Waals surface area contributed by atoms with E-state index in [1.54, 1.807) is 13.8 Å². The molecule has 2 saturated heterocycles. The molecule has 5 heteroatoms. The van der Waals surface area contributed by atoms with E-state index in [-0.39, 0.29) is 24.1 Å². The molecule has 0 aliphatic carbocycles. The Labute approximate surface area is 107 Å². The number of carboxylic acid groups (broad SMARTS) is 1. The highest BCUT2D eigenvalue weighted by Gasteiger charge is 2.44. The van der Waals surface area contributed by atoms with Crippen LogP contribution in [0.15, 0.2) is 0 Å². The van der Waals surface area contributed by atoms with Gasteiger partial charge in [0.15, 0.2) is 0 Å². The molecule has 4 unspecified atom stereocenters. The van der Waals surface area contributed by atoms with Crippen molar-refractivity contribution in [1.82, 2.24) is 4.90 Å². The summed E-state index contributed by atoms with van der Waals surface area (Å²) in [6.45, 7) is 3.26. The molecule has 0 aromatic rings. The zero-order valence-corrected chi connectivity index (χ0v) is 10.9. The van der Waals surface area contributed by atoms with Gasteiger partial charge >= 0.3 is 5.97 Å². The number of aliphatic hydroxyl groups is 1. The highest BCUT2D eigenvalue weighted by atomic mass is 16.4. The first-order chi connectivity index (χ1) is 8.41. The molecule has 2 heterocycles. The van der Waals surface area contributed by atoms with Crippen LogP contribution in [-0.4, -0.2) is 45.2 Å². The number of carboxylic acids is 1. The van der Waals surface area contributed by atoms with E-state index in [0.717, 1.165) is 12.8 Å². The van der Waals surface area contributed by atoms with Crippen LogP contribution in [0.3, 0.4) is 0 Å². The quantitative estimate of drug-likeness (QED) is 0.784. The van der Waals surface area contributed by atoms with Crippen molar-refractivity contribution in [2.75, 3.05) is 0 Å². The predicted molar refractivity (Wildman–Crippen MR) is 64.9 cm³/mol. The van der Waals surface area contributed by atoms with Crippen LogP contribution in [0.5, 0.6) is 0 Å². The Morgan fingerprint density at radius 3 is 2.06 bits per heavy atom. The molecule has 5 nitrogen and oxygen atoms in total. The van der Waals surface area contributed by atoms with Crippen LogP contribution in [0.25, 0.3) is 0 Å². The molecule has 102 valence electrons. The lowest BCUT2D eigenvalue weighted by Crippen LogP contribution is -2.51. The van der Waals surface area contributed by atoms with Crippen molar-refractivity contribution in [1.29, 1.82) is 0 Å². The van der Waals surface area contributed by atoms with Gasteiger partial charge in [0.05, 0.1) is 12.0 Å². The van der Waals surface area contributed by atoms with Gasteiger partial charge in [-0.1, -0.05) is 13.8 Å². The van der Waals surface area contributed by atoms with Crippen molar-refractivity contribution < 1.29 is 19.8 Å². The van der Waals surface area contributed by atoms with E-state index in [1.165, 1.54) is 0 Å². The summed E-state index contributed by atoms with van der Waals surface area (Å²) in [5, 5.41) is 18.7. The maximum Gasteiger partial charge on any atom is 0.307 e. The molecule has 18 heavy (non-hydrogen) atoms. The Balaban J connectivity index is 2.08. The number of hydrogen-bond donors (Lipinski definition) is 2. The summed E-state index contributed by atoms with van der Waals surface area (Å²) in [6.07, 6.45) is 2.83. The Hall–Kier alpha value is -1.10. The Morgan fingerprint density at radius 2 is 1.61 bits per heavy atom. The smallest absolute Gasteiger partial charge is 0.307 e. The topological polar surface area (TPSA) is 77.8 Å². The molecule has 0 aromatic carbocycles. The van der Waals surface area contributed by atoms with Crippen LogP contribution in [0.2, 0.25) is 0 Å². The van der Waals surface area contributed by atoms with Crippen LogP contribution < -0.4 is 0 Å². The zero-order valence-electron chi connectivity index (χ0n) is 10.9. The Kier molecular flexibility index (Phi) is 3.61. The van der Waals surface area contributed by atoms with Crippen molar-refractivity contribution in [2.24, 2.45) is 11.8 Å². The van der Waals surface area contributed by atoms with Gasteiger partial charge in [0.1, 0.15) is 0 Å². The highest BCUT2D eigenvalue weighted by Crippen LogP contribution is 2.37. The lowest BCUT2D eigenvalue weighted by atomic mass is 9.91. The molecule has 0 aromatic heterocycles. The fourth-order valence-corrected chi connectivity index (χ4v) is 3.17. The molecule has 0 spiro atoms. The van der Waals surface area contributed by atoms with Crippen molar-refractivity contribution in [3.63, 3.8) is 0 Å². The summed E-state index contributed by atoms with van der Waals surface area (Å²) in [4.78, 5) is 25.2. The van der Waals surface area contributed by atoms with Gasteiger partial charge in [-0.3, -0.25) is 9.59 Å². The third-order valence-corrected chi connectivity index (χ3v) is 4.49. The van der Waals surface area contributed by atoms with Crippen LogP contribution in [0.1, 0.15) is 39.5 Å². The molecule has 2 N–H and O–H groups in total. The number of aliphatic carboxylic acids is 1. The van der Waals surface area contributed by atoms with Gasteiger partial charge in [0, 0.05) is 18.0 Å². The molecular formula is C13H21NO4. The predicted octanol–water partition coefficient (Wildman–Crippen LogP) is 0.857. The number of fused-ring (bicyclic) bond motifs is 2. The lowest BCUT2D eigenvalue weighted by Gasteiger charge is -2.39. The summed E-state index contributed by atoms with van der Waals surface area (Å²) in [7, 11) is 0. The number of amides is 1. The van der Waals surface area contributed by atoms with Gasteiger partial charge in [-0.25, -0.2) is 0 Å². The molecule has 1 amide bonds. The van der Waals surface area contributed by atoms with Crippen molar-refractivity contribution in [2.45, 2.75) is 57.7 Å². The molecular weight excluding hydrogens is 234 g/mol. The summed E-state index contributed by atoms with van der Waals surface area (Å²) in [5.41, 5.74) is 0. The molecule has 2 bridgehead atoms. The first-order valence-corrected chi connectivity index (χ1v) is 6.64. The average Bonchev–Trinajstić information content (AvgIpc) is 2.58. The van der Waals surface area contributed by atoms with Crippen molar-refractivity contribution in [3.05, 3.63) is 0 Å². The Bertz CT molecular complexity index is 343. The van der Waals surface area contributed by atoms with Crippen molar-refractivity contribution in [3.8, 4) is 0 Å². The molecule has 4 atom stereocenters. The third-order valence-electron chi connectivity index (χ3n) is 4.49. The number of aliphatic hydroxyl groups excluding tert-OH is 1. The van der Waals surface area contributed by atoms with Gasteiger partial charge < -0.3 is 15.1 Å². The van der Waals surface area contributed by atoms with Gasteiger partial charge in [-0.05, 0) is 25.7 Å². The van der Waals surface area contributed by atoms with Crippen LogP contribution in [-0.2, 0) is 9.59 Å². The molecule has 0 radical (unpaired) electrons. The van der Waals surface area contributed by atoms with E-state index >= 15 is 0 Å². The Morgan fingerprint density at radius 1 is 1.11 bits per heavy atom. The number of carbonyl (C=O) groups excluding carboxylic acids is 1. The second-order valence-electron chi connectivity index (χ2n) is 5.67. The summed E-state index contributed by atoms with van der Waals surface area (Å²) >= 11 is 0. The number of rotatable bonds is 3. The van der Waals surface area contributed by atoms with E-state index in [4.69, 9.17) is 5.11 Å². The SMILES string of the molecule is CC(C(=O)O)C(C)C(=O)N1C2CCC1CC(O)C2. The monoisotopic (exact) mass is 255 g/mol. The summed E-state index contributed by atoms with van der Waals surface area (Å²) in [6, 6.07) is 0.212. The second-order valence-corrected chi connectivity index (χ2v) is 5.67.